The van der Waals surface area contributed by atoms with Crippen molar-refractivity contribution in [1.82, 2.24) is 14.8 Å². The Bertz CT molecular complexity index is 813. The first-order chi connectivity index (χ1) is 12.5. The number of unbranched alkanes of at least 4 members (excludes halogenated alkanes) is 1. The van der Waals surface area contributed by atoms with Gasteiger partial charge in [0.2, 0.25) is 5.91 Å². The molecule has 0 saturated heterocycles. The molecular formula is C17H21ClN4O3S. The average Bonchev–Trinajstić information content (AvgIpc) is 3.16. The topological polar surface area (TPSA) is 86.1 Å². The number of carbonyl (C=O) groups is 2. The zero-order valence-corrected chi connectivity index (χ0v) is 16.5. The van der Waals surface area contributed by atoms with Crippen LogP contribution in [-0.2, 0) is 16.1 Å². The lowest BCUT2D eigenvalue weighted by molar-refractivity contribution is -0.111. The summed E-state index contributed by atoms with van der Waals surface area (Å²) in [6.07, 6.45) is 5.02. The van der Waals surface area contributed by atoms with E-state index in [1.165, 1.54) is 11.5 Å². The van der Waals surface area contributed by atoms with Gasteiger partial charge in [0.05, 0.1) is 12.3 Å². The minimum atomic E-state index is -0.512. The second-order valence-electron chi connectivity index (χ2n) is 5.45. The molecule has 0 aliphatic rings. The van der Waals surface area contributed by atoms with E-state index in [9.17, 15) is 9.59 Å². The normalized spacial score (nSPS) is 11.1. The maximum absolute atomic E-state index is 12.1. The van der Waals surface area contributed by atoms with Crippen LogP contribution in [0.4, 0.5) is 5.13 Å². The van der Waals surface area contributed by atoms with Crippen LogP contribution < -0.4 is 5.32 Å². The molecule has 0 saturated carbocycles. The molecule has 0 bridgehead atoms. The van der Waals surface area contributed by atoms with Gasteiger partial charge in [0, 0.05) is 23.6 Å². The second-order valence-corrected chi connectivity index (χ2v) is 6.66. The zero-order chi connectivity index (χ0) is 19.1. The number of hydrogen-bond donors (Lipinski definition) is 1. The van der Waals surface area contributed by atoms with E-state index < -0.39 is 5.97 Å². The Morgan fingerprint density at radius 1 is 1.42 bits per heavy atom. The number of amides is 1. The van der Waals surface area contributed by atoms with Gasteiger partial charge in [-0.1, -0.05) is 24.9 Å². The van der Waals surface area contributed by atoms with Gasteiger partial charge in [0.15, 0.2) is 10.8 Å². The molecule has 0 fully saturated rings. The molecule has 9 heteroatoms. The third kappa shape index (κ3) is 5.15. The lowest BCUT2D eigenvalue weighted by atomic mass is 10.2. The molecule has 0 aromatic carbocycles. The highest BCUT2D eigenvalue weighted by Crippen LogP contribution is 2.22. The molecule has 2 rings (SSSR count). The Hall–Kier alpha value is -2.19. The third-order valence-electron chi connectivity index (χ3n) is 3.45. The van der Waals surface area contributed by atoms with Crippen molar-refractivity contribution < 1.29 is 14.3 Å². The highest BCUT2D eigenvalue weighted by molar-refractivity contribution is 7.14. The Labute approximate surface area is 161 Å². The van der Waals surface area contributed by atoms with E-state index >= 15 is 0 Å². The number of nitrogens with zero attached hydrogens (tertiary/aromatic N) is 3. The fourth-order valence-corrected chi connectivity index (χ4v) is 3.15. The van der Waals surface area contributed by atoms with Crippen molar-refractivity contribution >= 4 is 46.0 Å². The Balaban J connectivity index is 2.02. The summed E-state index contributed by atoms with van der Waals surface area (Å²) in [7, 11) is 0. The van der Waals surface area contributed by atoms with Crippen LogP contribution in [0.2, 0.25) is 5.15 Å². The van der Waals surface area contributed by atoms with Crippen LogP contribution in [-0.4, -0.2) is 33.2 Å². The van der Waals surface area contributed by atoms with Crippen molar-refractivity contribution in [2.75, 3.05) is 11.9 Å². The number of ether oxygens (including phenoxy) is 1. The van der Waals surface area contributed by atoms with Crippen molar-refractivity contribution in [1.29, 1.82) is 0 Å². The first kappa shape index (κ1) is 20.1. The average molecular weight is 397 g/mol. The smallest absolute Gasteiger partial charge is 0.357 e. The highest BCUT2D eigenvalue weighted by atomic mass is 35.5. The number of halogens is 1. The summed E-state index contributed by atoms with van der Waals surface area (Å²) in [5, 5.41) is 9.38. The number of thiazole rings is 1. The van der Waals surface area contributed by atoms with Gasteiger partial charge in [-0.05, 0) is 26.3 Å². The van der Waals surface area contributed by atoms with Gasteiger partial charge >= 0.3 is 5.97 Å². The fraction of sp³-hybridized carbons (Fsp3) is 0.412. The number of esters is 1. The van der Waals surface area contributed by atoms with E-state index in [4.69, 9.17) is 16.3 Å². The minimum Gasteiger partial charge on any atom is -0.461 e. The second kappa shape index (κ2) is 9.49. The van der Waals surface area contributed by atoms with E-state index in [0.717, 1.165) is 36.4 Å². The third-order valence-corrected chi connectivity index (χ3v) is 4.61. The van der Waals surface area contributed by atoms with Gasteiger partial charge in [-0.3, -0.25) is 14.8 Å². The highest BCUT2D eigenvalue weighted by Gasteiger charge is 2.13. The predicted octanol–water partition coefficient (Wildman–Crippen LogP) is 3.93. The number of nitrogens with one attached hydrogen (secondary N) is 1. The van der Waals surface area contributed by atoms with Crippen molar-refractivity contribution in [3.05, 3.63) is 33.6 Å². The lowest BCUT2D eigenvalue weighted by Gasteiger charge is -2.00. The van der Waals surface area contributed by atoms with E-state index in [-0.39, 0.29) is 18.2 Å². The summed E-state index contributed by atoms with van der Waals surface area (Å²) in [6, 6.07) is 0. The predicted molar refractivity (Wildman–Crippen MR) is 103 cm³/mol. The van der Waals surface area contributed by atoms with Crippen molar-refractivity contribution in [2.24, 2.45) is 0 Å². The molecule has 2 aromatic heterocycles. The Morgan fingerprint density at radius 3 is 2.88 bits per heavy atom. The molecule has 26 heavy (non-hydrogen) atoms. The number of anilines is 1. The Kier molecular flexibility index (Phi) is 7.35. The van der Waals surface area contributed by atoms with E-state index in [1.807, 2.05) is 6.92 Å². The molecule has 2 aromatic rings. The van der Waals surface area contributed by atoms with Gasteiger partial charge in [-0.15, -0.1) is 11.3 Å². The molecule has 0 radical (unpaired) electrons. The van der Waals surface area contributed by atoms with Gasteiger partial charge in [0.25, 0.3) is 0 Å². The largest absolute Gasteiger partial charge is 0.461 e. The SMILES string of the molecule is CCCCn1nc(C)c(/C=C/C(=O)Nc2nc(C(=O)OCC)cs2)c1Cl. The van der Waals surface area contributed by atoms with Gasteiger partial charge in [-0.25, -0.2) is 9.78 Å². The molecule has 0 spiro atoms. The van der Waals surface area contributed by atoms with Crippen LogP contribution in [0, 0.1) is 6.92 Å². The van der Waals surface area contributed by atoms with Gasteiger partial charge in [-0.2, -0.15) is 5.10 Å². The number of aryl methyl sites for hydroxylation is 2. The van der Waals surface area contributed by atoms with Crippen LogP contribution >= 0.6 is 22.9 Å². The van der Waals surface area contributed by atoms with Crippen LogP contribution in [0.5, 0.6) is 0 Å². The molecule has 7 nitrogen and oxygen atoms in total. The molecule has 0 aliphatic heterocycles. The number of carbonyl (C=O) groups excluding carboxylic acids is 2. The first-order valence-corrected chi connectivity index (χ1v) is 9.56. The molecule has 140 valence electrons. The summed E-state index contributed by atoms with van der Waals surface area (Å²) in [5.74, 6) is -0.881. The first-order valence-electron chi connectivity index (χ1n) is 8.30. The summed E-state index contributed by atoms with van der Waals surface area (Å²) in [4.78, 5) is 27.7. The maximum atomic E-state index is 12.1. The molecular weight excluding hydrogens is 376 g/mol. The zero-order valence-electron chi connectivity index (χ0n) is 14.9. The van der Waals surface area contributed by atoms with E-state index in [2.05, 4.69) is 22.3 Å². The van der Waals surface area contributed by atoms with Crippen LogP contribution in [0.15, 0.2) is 11.5 Å². The van der Waals surface area contributed by atoms with Crippen LogP contribution in [0.1, 0.15) is 48.4 Å². The van der Waals surface area contributed by atoms with Crippen molar-refractivity contribution in [3.8, 4) is 0 Å². The fourth-order valence-electron chi connectivity index (χ4n) is 2.15. The van der Waals surface area contributed by atoms with Gasteiger partial charge in [0.1, 0.15) is 5.15 Å². The van der Waals surface area contributed by atoms with Crippen LogP contribution in [0.3, 0.4) is 0 Å². The molecule has 2 heterocycles. The summed E-state index contributed by atoms with van der Waals surface area (Å²) in [5.41, 5.74) is 1.64. The van der Waals surface area contributed by atoms with Crippen molar-refractivity contribution in [3.63, 3.8) is 0 Å². The quantitative estimate of drug-likeness (QED) is 0.539. The molecule has 1 amide bonds. The summed E-state index contributed by atoms with van der Waals surface area (Å²) >= 11 is 7.49. The standard InChI is InChI=1S/C17H21ClN4O3S/c1-4-6-9-22-15(18)12(11(3)21-22)7-8-14(23)20-17-19-13(10-26-17)16(24)25-5-2/h7-8,10H,4-6,9H2,1-3H3,(H,19,20,23)/b8-7+. The summed E-state index contributed by atoms with van der Waals surface area (Å²) < 4.78 is 6.60. The molecule has 1 N–H and O–H groups in total. The molecule has 0 unspecified atom stereocenters. The molecule has 0 aliphatic carbocycles. The van der Waals surface area contributed by atoms with E-state index in [0.29, 0.717) is 15.8 Å². The van der Waals surface area contributed by atoms with Gasteiger partial charge < -0.3 is 4.74 Å². The summed E-state index contributed by atoms with van der Waals surface area (Å²) in [6.45, 7) is 6.67. The van der Waals surface area contributed by atoms with Crippen LogP contribution in [0.25, 0.3) is 6.08 Å². The lowest BCUT2D eigenvalue weighted by Crippen LogP contribution is -2.09. The van der Waals surface area contributed by atoms with E-state index in [1.54, 1.807) is 17.7 Å². The minimum absolute atomic E-state index is 0.173. The Morgan fingerprint density at radius 2 is 2.19 bits per heavy atom. The maximum Gasteiger partial charge on any atom is 0.357 e. The van der Waals surface area contributed by atoms with Crippen molar-refractivity contribution in [2.45, 2.75) is 40.2 Å². The monoisotopic (exact) mass is 396 g/mol. The number of rotatable bonds is 8. The number of aromatic nitrogens is 3. The number of hydrogen-bond acceptors (Lipinski definition) is 6. The molecule has 0 atom stereocenters.